The highest BCUT2D eigenvalue weighted by Crippen LogP contribution is 2.18. The summed E-state index contributed by atoms with van der Waals surface area (Å²) in [7, 11) is 0. The molecule has 0 unspecified atom stereocenters. The molecule has 0 aliphatic rings. The number of thiol groups is 1. The fourth-order valence-corrected chi connectivity index (χ4v) is 1.02. The number of hydrogen-bond donors (Lipinski definition) is 1. The molecule has 0 heterocycles. The third kappa shape index (κ3) is 5.02. The molecule has 1 amide bonds. The van der Waals surface area contributed by atoms with Crippen molar-refractivity contribution in [3.8, 4) is 0 Å². The molecule has 78 valence electrons. The third-order valence-electron chi connectivity index (χ3n) is 1.43. The van der Waals surface area contributed by atoms with Crippen molar-refractivity contribution in [3.63, 3.8) is 0 Å². The van der Waals surface area contributed by atoms with Crippen molar-refractivity contribution in [2.45, 2.75) is 26.1 Å². The van der Waals surface area contributed by atoms with E-state index in [1.165, 1.54) is 13.8 Å². The summed E-state index contributed by atoms with van der Waals surface area (Å²) < 4.78 is 35.8. The molecule has 0 aliphatic heterocycles. The molecule has 0 N–H and O–H groups in total. The van der Waals surface area contributed by atoms with Gasteiger partial charge in [-0.05, 0) is 13.8 Å². The highest BCUT2D eigenvalue weighted by Gasteiger charge is 2.33. The van der Waals surface area contributed by atoms with Crippen LogP contribution < -0.4 is 0 Å². The molecule has 2 nitrogen and oxygen atoms in total. The van der Waals surface area contributed by atoms with Crippen molar-refractivity contribution in [1.82, 2.24) is 4.90 Å². The average molecular weight is 215 g/mol. The van der Waals surface area contributed by atoms with Crippen molar-refractivity contribution in [1.29, 1.82) is 0 Å². The second-order valence-electron chi connectivity index (χ2n) is 2.89. The Kier molecular flexibility index (Phi) is 4.60. The first kappa shape index (κ1) is 12.6. The first-order valence-corrected chi connectivity index (χ1v) is 4.38. The number of alkyl halides is 3. The fourth-order valence-electron chi connectivity index (χ4n) is 0.843. The lowest BCUT2D eigenvalue weighted by Gasteiger charge is -2.27. The highest BCUT2D eigenvalue weighted by molar-refractivity contribution is 7.81. The van der Waals surface area contributed by atoms with E-state index in [9.17, 15) is 18.0 Å². The van der Waals surface area contributed by atoms with Crippen LogP contribution in [0.5, 0.6) is 0 Å². The van der Waals surface area contributed by atoms with E-state index >= 15 is 0 Å². The summed E-state index contributed by atoms with van der Waals surface area (Å²) in [6, 6.07) is -0.457. The van der Waals surface area contributed by atoms with Crippen LogP contribution in [0, 0.1) is 0 Å². The van der Waals surface area contributed by atoms with E-state index in [0.29, 0.717) is 0 Å². The minimum absolute atomic E-state index is 0.200. The summed E-state index contributed by atoms with van der Waals surface area (Å²) in [6.45, 7) is 1.87. The molecule has 0 aromatic rings. The van der Waals surface area contributed by atoms with Crippen LogP contribution in [0.2, 0.25) is 0 Å². The van der Waals surface area contributed by atoms with Crippen LogP contribution in [0.3, 0.4) is 0 Å². The summed E-state index contributed by atoms with van der Waals surface area (Å²) in [6.07, 6.45) is -4.34. The highest BCUT2D eigenvalue weighted by atomic mass is 32.1. The lowest BCUT2D eigenvalue weighted by Crippen LogP contribution is -2.43. The summed E-state index contributed by atoms with van der Waals surface area (Å²) in [5, 5.41) is 0. The van der Waals surface area contributed by atoms with Crippen molar-refractivity contribution in [2.24, 2.45) is 0 Å². The van der Waals surface area contributed by atoms with Gasteiger partial charge in [-0.3, -0.25) is 4.79 Å². The van der Waals surface area contributed by atoms with Gasteiger partial charge in [0.05, 0.1) is 5.75 Å². The Bertz CT molecular complexity index is 181. The van der Waals surface area contributed by atoms with Crippen molar-refractivity contribution < 1.29 is 18.0 Å². The van der Waals surface area contributed by atoms with Gasteiger partial charge < -0.3 is 4.90 Å². The molecule has 0 aromatic carbocycles. The van der Waals surface area contributed by atoms with E-state index in [4.69, 9.17) is 0 Å². The molecule has 0 aliphatic carbocycles. The Morgan fingerprint density at radius 2 is 1.92 bits per heavy atom. The monoisotopic (exact) mass is 215 g/mol. The van der Waals surface area contributed by atoms with Crippen LogP contribution in [0.4, 0.5) is 13.2 Å². The molecule has 0 saturated carbocycles. The zero-order valence-electron chi connectivity index (χ0n) is 7.43. The Labute approximate surface area is 80.5 Å². The van der Waals surface area contributed by atoms with Crippen LogP contribution in [0.15, 0.2) is 0 Å². The summed E-state index contributed by atoms with van der Waals surface area (Å²) >= 11 is 3.64. The largest absolute Gasteiger partial charge is 0.406 e. The van der Waals surface area contributed by atoms with Gasteiger partial charge in [0.25, 0.3) is 0 Å². The molecule has 0 aromatic heterocycles. The molecule has 0 fully saturated rings. The Morgan fingerprint density at radius 1 is 1.46 bits per heavy atom. The number of hydrogen-bond acceptors (Lipinski definition) is 2. The minimum Gasteiger partial charge on any atom is -0.330 e. The Hall–Kier alpha value is -0.390. The number of carbonyl (C=O) groups excluding carboxylic acids is 1. The Balaban J connectivity index is 4.36. The lowest BCUT2D eigenvalue weighted by molar-refractivity contribution is -0.162. The summed E-state index contributed by atoms with van der Waals surface area (Å²) in [4.78, 5) is 11.7. The standard InChI is InChI=1S/C7H12F3NOS/c1-5(2)11(6(12)3-13)4-7(8,9)10/h5,13H,3-4H2,1-2H3. The predicted molar refractivity (Wildman–Crippen MR) is 46.8 cm³/mol. The normalized spacial score (nSPS) is 11.9. The van der Waals surface area contributed by atoms with Gasteiger partial charge in [0, 0.05) is 6.04 Å². The molecule has 0 bridgehead atoms. The van der Waals surface area contributed by atoms with E-state index in [1.807, 2.05) is 0 Å². The van der Waals surface area contributed by atoms with E-state index in [2.05, 4.69) is 12.6 Å². The molecule has 6 heteroatoms. The quantitative estimate of drug-likeness (QED) is 0.711. The Morgan fingerprint density at radius 3 is 2.15 bits per heavy atom. The van der Waals surface area contributed by atoms with Crippen LogP contribution in [-0.2, 0) is 4.79 Å². The number of amides is 1. The molecular formula is C7H12F3NOS. The van der Waals surface area contributed by atoms with Gasteiger partial charge in [0.1, 0.15) is 6.54 Å². The predicted octanol–water partition coefficient (Wildman–Crippen LogP) is 1.72. The number of nitrogens with zero attached hydrogens (tertiary/aromatic N) is 1. The van der Waals surface area contributed by atoms with Crippen molar-refractivity contribution in [3.05, 3.63) is 0 Å². The van der Waals surface area contributed by atoms with E-state index < -0.39 is 24.7 Å². The van der Waals surface area contributed by atoms with Gasteiger partial charge in [-0.1, -0.05) is 0 Å². The van der Waals surface area contributed by atoms with Gasteiger partial charge in [-0.25, -0.2) is 0 Å². The van der Waals surface area contributed by atoms with Gasteiger partial charge >= 0.3 is 6.18 Å². The maximum absolute atomic E-state index is 11.9. The number of rotatable bonds is 3. The number of halogens is 3. The van der Waals surface area contributed by atoms with Crippen LogP contribution in [-0.4, -0.2) is 35.3 Å². The van der Waals surface area contributed by atoms with Gasteiger partial charge in [0.2, 0.25) is 5.91 Å². The van der Waals surface area contributed by atoms with Gasteiger partial charge in [-0.15, -0.1) is 0 Å². The SMILES string of the molecule is CC(C)N(CC(F)(F)F)C(=O)CS. The van der Waals surface area contributed by atoms with Gasteiger partial charge in [-0.2, -0.15) is 25.8 Å². The zero-order valence-corrected chi connectivity index (χ0v) is 8.32. The van der Waals surface area contributed by atoms with Crippen LogP contribution in [0.1, 0.15) is 13.8 Å². The number of carbonyl (C=O) groups is 1. The fraction of sp³-hybridized carbons (Fsp3) is 0.857. The van der Waals surface area contributed by atoms with E-state index in [1.54, 1.807) is 0 Å². The molecule has 13 heavy (non-hydrogen) atoms. The van der Waals surface area contributed by atoms with Crippen molar-refractivity contribution in [2.75, 3.05) is 12.3 Å². The maximum Gasteiger partial charge on any atom is 0.406 e. The average Bonchev–Trinajstić information content (AvgIpc) is 1.96. The zero-order chi connectivity index (χ0) is 10.6. The smallest absolute Gasteiger partial charge is 0.330 e. The van der Waals surface area contributed by atoms with Crippen LogP contribution in [0.25, 0.3) is 0 Å². The van der Waals surface area contributed by atoms with Crippen LogP contribution >= 0.6 is 12.6 Å². The second-order valence-corrected chi connectivity index (χ2v) is 3.20. The van der Waals surface area contributed by atoms with Crippen molar-refractivity contribution >= 4 is 18.5 Å². The molecule has 0 spiro atoms. The molecule has 0 rings (SSSR count). The van der Waals surface area contributed by atoms with Gasteiger partial charge in [0.15, 0.2) is 0 Å². The topological polar surface area (TPSA) is 20.3 Å². The lowest BCUT2D eigenvalue weighted by atomic mass is 10.3. The van der Waals surface area contributed by atoms with E-state index in [0.717, 1.165) is 4.90 Å². The molecule has 0 radical (unpaired) electrons. The maximum atomic E-state index is 11.9. The minimum atomic E-state index is -4.34. The first-order valence-electron chi connectivity index (χ1n) is 3.75. The second kappa shape index (κ2) is 4.74. The molecule has 0 atom stereocenters. The molecular weight excluding hydrogens is 203 g/mol. The summed E-state index contributed by atoms with van der Waals surface area (Å²) in [5.41, 5.74) is 0. The first-order chi connectivity index (χ1) is 5.78. The third-order valence-corrected chi connectivity index (χ3v) is 1.70. The summed E-state index contributed by atoms with van der Waals surface area (Å²) in [5.74, 6) is -0.801. The molecule has 0 saturated heterocycles. The van der Waals surface area contributed by atoms with E-state index in [-0.39, 0.29) is 5.75 Å².